The molecule has 0 saturated heterocycles. The van der Waals surface area contributed by atoms with Crippen LogP contribution in [0.15, 0.2) is 0 Å². The summed E-state index contributed by atoms with van der Waals surface area (Å²) in [7, 11) is 0. The molecule has 0 radical (unpaired) electrons. The molecule has 0 aromatic heterocycles. The van der Waals surface area contributed by atoms with Gasteiger partial charge in [-0.3, -0.25) is 0 Å². The zero-order chi connectivity index (χ0) is 9.56. The molecule has 0 heterocycles. The van der Waals surface area contributed by atoms with E-state index in [4.69, 9.17) is 10.2 Å². The van der Waals surface area contributed by atoms with E-state index in [-0.39, 0.29) is 6.42 Å². The average molecular weight is 178 g/mol. The number of hydrogen-bond donors (Lipinski definition) is 2. The highest BCUT2D eigenvalue weighted by Gasteiger charge is 2.16. The Kier molecular flexibility index (Phi) is 4.98. The summed E-state index contributed by atoms with van der Waals surface area (Å²) in [4.78, 5) is 28.6. The van der Waals surface area contributed by atoms with Gasteiger partial charge in [0.25, 0.3) is 0 Å². The summed E-state index contributed by atoms with van der Waals surface area (Å²) in [5.41, 5.74) is 0. The standard InChI is InChI=1S/C6H10O6/c1-2-4(6(9)10)12-11-3-5(7)8/h4H,2-3H2,1H3,(H,7,8)(H,9,10). The van der Waals surface area contributed by atoms with E-state index >= 15 is 0 Å². The first kappa shape index (κ1) is 10.9. The van der Waals surface area contributed by atoms with Crippen molar-refractivity contribution in [3.8, 4) is 0 Å². The molecule has 0 aliphatic heterocycles. The van der Waals surface area contributed by atoms with Crippen molar-refractivity contribution in [2.75, 3.05) is 6.61 Å². The van der Waals surface area contributed by atoms with E-state index in [1.807, 2.05) is 0 Å². The van der Waals surface area contributed by atoms with Gasteiger partial charge in [0.05, 0.1) is 0 Å². The number of carboxylic acid groups (broad SMARTS) is 2. The minimum atomic E-state index is -1.21. The highest BCUT2D eigenvalue weighted by atomic mass is 17.2. The second-order valence-electron chi connectivity index (χ2n) is 1.99. The first-order valence-electron chi connectivity index (χ1n) is 3.30. The van der Waals surface area contributed by atoms with Gasteiger partial charge < -0.3 is 10.2 Å². The van der Waals surface area contributed by atoms with Crippen molar-refractivity contribution < 1.29 is 29.6 Å². The van der Waals surface area contributed by atoms with E-state index < -0.39 is 24.6 Å². The lowest BCUT2D eigenvalue weighted by molar-refractivity contribution is -0.317. The number of aliphatic carboxylic acids is 2. The second-order valence-corrected chi connectivity index (χ2v) is 1.99. The number of hydrogen-bond acceptors (Lipinski definition) is 4. The molecule has 0 rings (SSSR count). The maximum absolute atomic E-state index is 10.3. The molecule has 6 heteroatoms. The fourth-order valence-corrected chi connectivity index (χ4v) is 0.450. The number of carboxylic acids is 2. The molecule has 0 aliphatic carbocycles. The van der Waals surface area contributed by atoms with Crippen LogP contribution in [0.2, 0.25) is 0 Å². The maximum atomic E-state index is 10.3. The molecular formula is C6H10O6. The van der Waals surface area contributed by atoms with Crippen molar-refractivity contribution in [2.45, 2.75) is 19.4 Å². The molecule has 0 saturated carbocycles. The van der Waals surface area contributed by atoms with Crippen molar-refractivity contribution in [3.63, 3.8) is 0 Å². The van der Waals surface area contributed by atoms with Crippen LogP contribution >= 0.6 is 0 Å². The molecule has 0 aromatic carbocycles. The first-order chi connectivity index (χ1) is 5.57. The predicted molar refractivity (Wildman–Crippen MR) is 36.4 cm³/mol. The van der Waals surface area contributed by atoms with Gasteiger partial charge in [-0.25, -0.2) is 19.4 Å². The van der Waals surface area contributed by atoms with E-state index in [9.17, 15) is 9.59 Å². The van der Waals surface area contributed by atoms with Crippen LogP contribution in [0.4, 0.5) is 0 Å². The SMILES string of the molecule is CCC(OOCC(=O)O)C(=O)O. The van der Waals surface area contributed by atoms with E-state index in [1.165, 1.54) is 0 Å². The summed E-state index contributed by atoms with van der Waals surface area (Å²) in [5, 5.41) is 16.5. The lowest BCUT2D eigenvalue weighted by Gasteiger charge is -2.07. The van der Waals surface area contributed by atoms with Crippen LogP contribution in [0, 0.1) is 0 Å². The molecule has 12 heavy (non-hydrogen) atoms. The number of rotatable bonds is 6. The van der Waals surface area contributed by atoms with Gasteiger partial charge in [0, 0.05) is 0 Å². The summed E-state index contributed by atoms with van der Waals surface area (Å²) in [6, 6.07) is 0. The third-order valence-corrected chi connectivity index (χ3v) is 1.01. The summed E-state index contributed by atoms with van der Waals surface area (Å²) >= 11 is 0. The van der Waals surface area contributed by atoms with Crippen LogP contribution < -0.4 is 0 Å². The molecule has 0 aromatic rings. The first-order valence-corrected chi connectivity index (χ1v) is 3.30. The quantitative estimate of drug-likeness (QED) is 0.435. The highest BCUT2D eigenvalue weighted by Crippen LogP contribution is 1.98. The Morgan fingerprint density at radius 2 is 2.00 bits per heavy atom. The van der Waals surface area contributed by atoms with Crippen molar-refractivity contribution in [2.24, 2.45) is 0 Å². The minimum absolute atomic E-state index is 0.217. The van der Waals surface area contributed by atoms with Gasteiger partial charge in [-0.15, -0.1) is 0 Å². The van der Waals surface area contributed by atoms with Crippen LogP contribution in [0.1, 0.15) is 13.3 Å². The summed E-state index contributed by atoms with van der Waals surface area (Å²) in [6.07, 6.45) is -0.890. The molecule has 0 amide bonds. The minimum Gasteiger partial charge on any atom is -0.479 e. The molecule has 1 atom stereocenters. The molecule has 0 fully saturated rings. The third-order valence-electron chi connectivity index (χ3n) is 1.01. The van der Waals surface area contributed by atoms with Gasteiger partial charge in [0.2, 0.25) is 0 Å². The lowest BCUT2D eigenvalue weighted by atomic mass is 10.3. The third kappa shape index (κ3) is 4.64. The van der Waals surface area contributed by atoms with Crippen LogP contribution in [0.3, 0.4) is 0 Å². The Bertz CT molecular complexity index is 165. The van der Waals surface area contributed by atoms with Crippen LogP contribution in [-0.2, 0) is 19.4 Å². The van der Waals surface area contributed by atoms with Crippen molar-refractivity contribution >= 4 is 11.9 Å². The monoisotopic (exact) mass is 178 g/mol. The summed E-state index contributed by atoms with van der Waals surface area (Å²) in [5.74, 6) is -2.39. The van der Waals surface area contributed by atoms with Gasteiger partial charge >= 0.3 is 11.9 Å². The molecule has 0 bridgehead atoms. The van der Waals surface area contributed by atoms with E-state index in [0.717, 1.165) is 0 Å². The zero-order valence-electron chi connectivity index (χ0n) is 6.52. The Hall–Kier alpha value is -1.14. The maximum Gasteiger partial charge on any atom is 0.336 e. The Morgan fingerprint density at radius 3 is 2.33 bits per heavy atom. The molecule has 70 valence electrons. The Morgan fingerprint density at radius 1 is 1.42 bits per heavy atom. The summed E-state index contributed by atoms with van der Waals surface area (Å²) in [6.45, 7) is 0.923. The van der Waals surface area contributed by atoms with Crippen molar-refractivity contribution in [3.05, 3.63) is 0 Å². The van der Waals surface area contributed by atoms with Gasteiger partial charge in [0.1, 0.15) is 0 Å². The zero-order valence-corrected chi connectivity index (χ0v) is 6.52. The van der Waals surface area contributed by atoms with Crippen molar-refractivity contribution in [1.29, 1.82) is 0 Å². The molecule has 1 unspecified atom stereocenters. The predicted octanol–water partition coefficient (Wildman–Crippen LogP) is -0.118. The Labute approximate surface area is 68.6 Å². The molecular weight excluding hydrogens is 168 g/mol. The van der Waals surface area contributed by atoms with Gasteiger partial charge in [-0.2, -0.15) is 0 Å². The molecule has 0 aliphatic rings. The van der Waals surface area contributed by atoms with E-state index in [0.29, 0.717) is 0 Å². The molecule has 6 nitrogen and oxygen atoms in total. The fourth-order valence-electron chi connectivity index (χ4n) is 0.450. The topological polar surface area (TPSA) is 93.1 Å². The van der Waals surface area contributed by atoms with Crippen LogP contribution in [0.5, 0.6) is 0 Å². The normalized spacial score (nSPS) is 12.4. The molecule has 2 N–H and O–H groups in total. The number of carbonyl (C=O) groups is 2. The highest BCUT2D eigenvalue weighted by molar-refractivity contribution is 5.72. The van der Waals surface area contributed by atoms with Gasteiger partial charge in [0.15, 0.2) is 12.7 Å². The second kappa shape index (κ2) is 5.50. The fraction of sp³-hybridized carbons (Fsp3) is 0.667. The van der Waals surface area contributed by atoms with E-state index in [1.54, 1.807) is 6.92 Å². The van der Waals surface area contributed by atoms with Crippen LogP contribution in [0.25, 0.3) is 0 Å². The Balaban J connectivity index is 3.59. The van der Waals surface area contributed by atoms with E-state index in [2.05, 4.69) is 9.78 Å². The van der Waals surface area contributed by atoms with Gasteiger partial charge in [-0.1, -0.05) is 6.92 Å². The van der Waals surface area contributed by atoms with Crippen molar-refractivity contribution in [1.82, 2.24) is 0 Å². The van der Waals surface area contributed by atoms with Gasteiger partial charge in [-0.05, 0) is 6.42 Å². The smallest absolute Gasteiger partial charge is 0.336 e. The summed E-state index contributed by atoms with van der Waals surface area (Å²) < 4.78 is 0. The lowest BCUT2D eigenvalue weighted by Crippen LogP contribution is -2.24. The molecule has 0 spiro atoms. The van der Waals surface area contributed by atoms with Crippen LogP contribution in [-0.4, -0.2) is 34.9 Å². The largest absolute Gasteiger partial charge is 0.479 e. The average Bonchev–Trinajstić information content (AvgIpc) is 1.96.